The second kappa shape index (κ2) is 7.81. The van der Waals surface area contributed by atoms with Gasteiger partial charge in [0.05, 0.1) is 5.41 Å². The molecule has 0 aliphatic heterocycles. The number of hydrogen-bond acceptors (Lipinski definition) is 3. The summed E-state index contributed by atoms with van der Waals surface area (Å²) in [6, 6.07) is 6.11. The van der Waals surface area contributed by atoms with Gasteiger partial charge in [0.1, 0.15) is 0 Å². The maximum Gasteiger partial charge on any atom is 0.312 e. The van der Waals surface area contributed by atoms with E-state index in [0.717, 1.165) is 24.8 Å². The monoisotopic (exact) mass is 333 g/mol. The molecule has 0 radical (unpaired) electrons. The average molecular weight is 333 g/mol. The van der Waals surface area contributed by atoms with Gasteiger partial charge in [-0.1, -0.05) is 31.4 Å². The molecule has 130 valence electrons. The van der Waals surface area contributed by atoms with Crippen LogP contribution in [-0.2, 0) is 11.3 Å². The number of amides is 3. The van der Waals surface area contributed by atoms with Crippen LogP contribution in [0.3, 0.4) is 0 Å². The Bertz CT molecular complexity index is 607. The number of benzene rings is 1. The molecule has 1 fully saturated rings. The van der Waals surface area contributed by atoms with E-state index in [-0.39, 0.29) is 12.5 Å². The minimum Gasteiger partial charge on any atom is -0.481 e. The SMILES string of the molecule is NC(=O)NCc1ccc(C(=O)NCC2(C(=O)O)CCCCC2)cc1. The van der Waals surface area contributed by atoms with Crippen molar-refractivity contribution in [1.82, 2.24) is 10.6 Å². The largest absolute Gasteiger partial charge is 0.481 e. The van der Waals surface area contributed by atoms with Crippen LogP contribution in [0.5, 0.6) is 0 Å². The van der Waals surface area contributed by atoms with Crippen molar-refractivity contribution >= 4 is 17.9 Å². The zero-order chi connectivity index (χ0) is 17.6. The fourth-order valence-electron chi connectivity index (χ4n) is 3.01. The molecule has 0 unspecified atom stereocenters. The van der Waals surface area contributed by atoms with Gasteiger partial charge >= 0.3 is 12.0 Å². The minimum atomic E-state index is -0.848. The van der Waals surface area contributed by atoms with Gasteiger partial charge in [-0.3, -0.25) is 9.59 Å². The molecule has 7 nitrogen and oxygen atoms in total. The van der Waals surface area contributed by atoms with Crippen molar-refractivity contribution in [2.24, 2.45) is 11.1 Å². The molecule has 0 bridgehead atoms. The second-order valence-corrected chi connectivity index (χ2v) is 6.24. The average Bonchev–Trinajstić information content (AvgIpc) is 2.59. The van der Waals surface area contributed by atoms with E-state index >= 15 is 0 Å². The summed E-state index contributed by atoms with van der Waals surface area (Å²) < 4.78 is 0. The van der Waals surface area contributed by atoms with Crippen LogP contribution in [-0.4, -0.2) is 29.6 Å². The number of carbonyl (C=O) groups excluding carboxylic acids is 2. The van der Waals surface area contributed by atoms with Gasteiger partial charge in [-0.05, 0) is 30.5 Å². The van der Waals surface area contributed by atoms with Crippen LogP contribution in [0.4, 0.5) is 4.79 Å². The lowest BCUT2D eigenvalue weighted by molar-refractivity contribution is -0.150. The highest BCUT2D eigenvalue weighted by Crippen LogP contribution is 2.36. The second-order valence-electron chi connectivity index (χ2n) is 6.24. The first kappa shape index (κ1) is 17.8. The number of nitrogens with two attached hydrogens (primary N) is 1. The van der Waals surface area contributed by atoms with Crippen molar-refractivity contribution in [2.45, 2.75) is 38.6 Å². The Balaban J connectivity index is 1.94. The molecule has 1 aliphatic rings. The van der Waals surface area contributed by atoms with Gasteiger partial charge in [-0.25, -0.2) is 4.79 Å². The summed E-state index contributed by atoms with van der Waals surface area (Å²) in [6.07, 6.45) is 4.00. The highest BCUT2D eigenvalue weighted by Gasteiger charge is 2.39. The molecule has 1 aromatic carbocycles. The van der Waals surface area contributed by atoms with E-state index in [9.17, 15) is 19.5 Å². The normalized spacial score (nSPS) is 16.2. The van der Waals surface area contributed by atoms with Gasteiger partial charge in [0.15, 0.2) is 0 Å². The smallest absolute Gasteiger partial charge is 0.312 e. The van der Waals surface area contributed by atoms with Crippen molar-refractivity contribution in [3.63, 3.8) is 0 Å². The Morgan fingerprint density at radius 1 is 1.04 bits per heavy atom. The number of aliphatic carboxylic acids is 1. The van der Waals surface area contributed by atoms with Crippen LogP contribution >= 0.6 is 0 Å². The van der Waals surface area contributed by atoms with E-state index in [4.69, 9.17) is 5.73 Å². The quantitative estimate of drug-likeness (QED) is 0.632. The molecule has 7 heteroatoms. The van der Waals surface area contributed by atoms with E-state index < -0.39 is 17.4 Å². The molecule has 3 amide bonds. The van der Waals surface area contributed by atoms with Crippen LogP contribution in [0, 0.1) is 5.41 Å². The number of nitrogens with one attached hydrogen (secondary N) is 2. The Hall–Kier alpha value is -2.57. The third-order valence-electron chi connectivity index (χ3n) is 4.53. The summed E-state index contributed by atoms with van der Waals surface area (Å²) in [7, 11) is 0. The summed E-state index contributed by atoms with van der Waals surface area (Å²) in [5.41, 5.74) is 5.43. The fraction of sp³-hybridized carbons (Fsp3) is 0.471. The molecule has 0 aromatic heterocycles. The van der Waals surface area contributed by atoms with E-state index in [1.165, 1.54) is 0 Å². The number of carboxylic acids is 1. The van der Waals surface area contributed by atoms with Gasteiger partial charge in [0.2, 0.25) is 0 Å². The summed E-state index contributed by atoms with van der Waals surface area (Å²) in [6.45, 7) is 0.436. The number of primary amides is 1. The molecular weight excluding hydrogens is 310 g/mol. The summed E-state index contributed by atoms with van der Waals surface area (Å²) >= 11 is 0. The molecule has 24 heavy (non-hydrogen) atoms. The molecule has 1 aliphatic carbocycles. The molecular formula is C17H23N3O4. The van der Waals surface area contributed by atoms with Crippen LogP contribution in [0.15, 0.2) is 24.3 Å². The van der Waals surface area contributed by atoms with Gasteiger partial charge < -0.3 is 21.5 Å². The number of carboxylic acid groups (broad SMARTS) is 1. The molecule has 1 saturated carbocycles. The predicted molar refractivity (Wildman–Crippen MR) is 88.4 cm³/mol. The number of rotatable bonds is 6. The highest BCUT2D eigenvalue weighted by molar-refractivity contribution is 5.94. The Labute approximate surface area is 140 Å². The van der Waals surface area contributed by atoms with E-state index in [1.807, 2.05) is 0 Å². The lowest BCUT2D eigenvalue weighted by atomic mass is 9.74. The summed E-state index contributed by atoms with van der Waals surface area (Å²) in [4.78, 5) is 34.5. The summed E-state index contributed by atoms with van der Waals surface area (Å²) in [5, 5.41) is 14.7. The number of hydrogen-bond donors (Lipinski definition) is 4. The molecule has 5 N–H and O–H groups in total. The Morgan fingerprint density at radius 3 is 2.21 bits per heavy atom. The van der Waals surface area contributed by atoms with Gasteiger partial charge in [-0.2, -0.15) is 0 Å². The van der Waals surface area contributed by atoms with Crippen molar-refractivity contribution in [3.8, 4) is 0 Å². The molecule has 0 atom stereocenters. The van der Waals surface area contributed by atoms with Gasteiger partial charge in [0, 0.05) is 18.7 Å². The molecule has 2 rings (SSSR count). The number of urea groups is 1. The fourth-order valence-corrected chi connectivity index (χ4v) is 3.01. The van der Waals surface area contributed by atoms with Crippen LogP contribution < -0.4 is 16.4 Å². The molecule has 0 heterocycles. The van der Waals surface area contributed by atoms with Crippen molar-refractivity contribution in [1.29, 1.82) is 0 Å². The first-order chi connectivity index (χ1) is 11.4. The maximum absolute atomic E-state index is 12.2. The molecule has 1 aromatic rings. The lowest BCUT2D eigenvalue weighted by Crippen LogP contribution is -2.44. The zero-order valence-corrected chi connectivity index (χ0v) is 13.5. The molecule has 0 spiro atoms. The van der Waals surface area contributed by atoms with E-state index in [0.29, 0.717) is 24.9 Å². The van der Waals surface area contributed by atoms with Crippen LogP contribution in [0.1, 0.15) is 48.0 Å². The van der Waals surface area contributed by atoms with E-state index in [1.54, 1.807) is 24.3 Å². The molecule has 0 saturated heterocycles. The van der Waals surface area contributed by atoms with Crippen LogP contribution in [0.25, 0.3) is 0 Å². The Kier molecular flexibility index (Phi) is 5.78. The van der Waals surface area contributed by atoms with Gasteiger partial charge in [-0.15, -0.1) is 0 Å². The lowest BCUT2D eigenvalue weighted by Gasteiger charge is -2.33. The Morgan fingerprint density at radius 2 is 1.67 bits per heavy atom. The standard InChI is InChI=1S/C17H23N3O4/c18-16(24)19-10-12-4-6-13(7-5-12)14(21)20-11-17(15(22)23)8-2-1-3-9-17/h4-7H,1-3,8-11H2,(H,20,21)(H,22,23)(H3,18,19,24). The van der Waals surface area contributed by atoms with Crippen molar-refractivity contribution in [2.75, 3.05) is 6.54 Å². The van der Waals surface area contributed by atoms with Crippen LogP contribution in [0.2, 0.25) is 0 Å². The maximum atomic E-state index is 12.2. The third kappa shape index (κ3) is 4.47. The van der Waals surface area contributed by atoms with Gasteiger partial charge in [0.25, 0.3) is 5.91 Å². The topological polar surface area (TPSA) is 122 Å². The van der Waals surface area contributed by atoms with E-state index in [2.05, 4.69) is 10.6 Å². The number of carbonyl (C=O) groups is 3. The summed E-state index contributed by atoms with van der Waals surface area (Å²) in [5.74, 6) is -1.13. The first-order valence-corrected chi connectivity index (χ1v) is 8.07. The zero-order valence-electron chi connectivity index (χ0n) is 13.5. The van der Waals surface area contributed by atoms with Crippen molar-refractivity contribution in [3.05, 3.63) is 35.4 Å². The third-order valence-corrected chi connectivity index (χ3v) is 4.53. The highest BCUT2D eigenvalue weighted by atomic mass is 16.4. The first-order valence-electron chi connectivity index (χ1n) is 8.07. The minimum absolute atomic E-state index is 0.145. The van der Waals surface area contributed by atoms with Crippen molar-refractivity contribution < 1.29 is 19.5 Å². The predicted octanol–water partition coefficient (Wildman–Crippen LogP) is 1.62.